The molecule has 178 valence electrons. The van der Waals surface area contributed by atoms with Crippen molar-refractivity contribution in [3.8, 4) is 0 Å². The fourth-order valence-electron chi connectivity index (χ4n) is 4.75. The summed E-state index contributed by atoms with van der Waals surface area (Å²) in [5.74, 6) is -0.450. The molecule has 9 heteroatoms. The molecule has 35 heavy (non-hydrogen) atoms. The Morgan fingerprint density at radius 1 is 0.971 bits per heavy atom. The third kappa shape index (κ3) is 3.77. The van der Waals surface area contributed by atoms with Crippen LogP contribution in [0.5, 0.6) is 0 Å². The summed E-state index contributed by atoms with van der Waals surface area (Å²) in [6.45, 7) is 0. The number of nitrogens with zero attached hydrogens (tertiary/aromatic N) is 2. The Bertz CT molecular complexity index is 1500. The van der Waals surface area contributed by atoms with E-state index in [0.29, 0.717) is 21.1 Å². The summed E-state index contributed by atoms with van der Waals surface area (Å²) in [6, 6.07) is 12.8. The molecule has 0 spiro atoms. The fraction of sp³-hybridized carbons (Fsp3) is 0.231. The highest BCUT2D eigenvalue weighted by Gasteiger charge is 2.36. The average Bonchev–Trinajstić information content (AvgIpc) is 3.00. The molecule has 0 fully saturated rings. The number of fused-ring (bicyclic) bond motifs is 4. The summed E-state index contributed by atoms with van der Waals surface area (Å²) in [7, 11) is 0. The van der Waals surface area contributed by atoms with Gasteiger partial charge in [0.25, 0.3) is 5.91 Å². The van der Waals surface area contributed by atoms with Crippen molar-refractivity contribution in [2.75, 3.05) is 10.6 Å². The molecule has 0 saturated carbocycles. The van der Waals surface area contributed by atoms with Gasteiger partial charge in [0.15, 0.2) is 0 Å². The van der Waals surface area contributed by atoms with Crippen molar-refractivity contribution in [1.29, 1.82) is 0 Å². The van der Waals surface area contributed by atoms with Crippen molar-refractivity contribution in [3.63, 3.8) is 0 Å². The third-order valence-corrected chi connectivity index (χ3v) is 8.73. The molecular weight excluding hydrogens is 491 g/mol. The van der Waals surface area contributed by atoms with E-state index in [1.807, 2.05) is 18.2 Å². The van der Waals surface area contributed by atoms with E-state index in [1.165, 1.54) is 39.6 Å². The molecule has 0 radical (unpaired) electrons. The van der Waals surface area contributed by atoms with Gasteiger partial charge >= 0.3 is 6.18 Å². The standard InChI is InChI=1S/C26H20F3N3OS2/c27-26(28,29)15-10-11-21-19(13-15)32(18-8-4-5-9-20(18)34-21)25(33)23-22(30)16-12-14-6-2-1-3-7-17(14)31-24(16)35-23/h4-5,8-13H,1-3,6-7,30H2. The van der Waals surface area contributed by atoms with Crippen molar-refractivity contribution in [2.24, 2.45) is 0 Å². The Labute approximate surface area is 208 Å². The van der Waals surface area contributed by atoms with Crippen LogP contribution in [0.3, 0.4) is 0 Å². The summed E-state index contributed by atoms with van der Waals surface area (Å²) >= 11 is 2.55. The van der Waals surface area contributed by atoms with Crippen LogP contribution in [0.4, 0.5) is 30.2 Å². The Morgan fingerprint density at radius 2 is 1.74 bits per heavy atom. The number of hydrogen-bond acceptors (Lipinski definition) is 5. The number of aryl methyl sites for hydroxylation is 2. The highest BCUT2D eigenvalue weighted by Crippen LogP contribution is 2.51. The first-order chi connectivity index (χ1) is 16.8. The van der Waals surface area contributed by atoms with Gasteiger partial charge in [0.2, 0.25) is 0 Å². The summed E-state index contributed by atoms with van der Waals surface area (Å²) < 4.78 is 40.6. The van der Waals surface area contributed by atoms with E-state index in [9.17, 15) is 18.0 Å². The SMILES string of the molecule is Nc1c(C(=O)N2c3ccccc3Sc3ccc(C(F)(F)F)cc32)sc2nc3c(cc12)CCCCC3. The van der Waals surface area contributed by atoms with E-state index in [-0.39, 0.29) is 10.6 Å². The van der Waals surface area contributed by atoms with Crippen molar-refractivity contribution >= 4 is 56.3 Å². The van der Waals surface area contributed by atoms with Crippen LogP contribution in [0, 0.1) is 0 Å². The number of alkyl halides is 3. The van der Waals surface area contributed by atoms with Crippen LogP contribution in [-0.4, -0.2) is 10.9 Å². The van der Waals surface area contributed by atoms with E-state index in [2.05, 4.69) is 0 Å². The molecule has 2 N–H and O–H groups in total. The van der Waals surface area contributed by atoms with Gasteiger partial charge in [0, 0.05) is 20.9 Å². The van der Waals surface area contributed by atoms with Crippen LogP contribution in [0.15, 0.2) is 58.3 Å². The van der Waals surface area contributed by atoms with Crippen LogP contribution in [0.1, 0.15) is 45.8 Å². The smallest absolute Gasteiger partial charge is 0.397 e. The zero-order chi connectivity index (χ0) is 24.3. The summed E-state index contributed by atoms with van der Waals surface area (Å²) in [5.41, 5.74) is 8.98. The summed E-state index contributed by atoms with van der Waals surface area (Å²) in [4.78, 5) is 22.5. The maximum Gasteiger partial charge on any atom is 0.416 e. The number of benzene rings is 2. The molecule has 2 aromatic carbocycles. The number of rotatable bonds is 1. The lowest BCUT2D eigenvalue weighted by Gasteiger charge is -2.31. The number of carbonyl (C=O) groups excluding carboxylic acids is 1. The Hall–Kier alpha value is -3.04. The number of thiophene rings is 1. The number of amides is 1. The number of para-hydroxylation sites is 1. The largest absolute Gasteiger partial charge is 0.416 e. The number of aromatic nitrogens is 1. The second kappa shape index (κ2) is 8.27. The van der Waals surface area contributed by atoms with Crippen LogP contribution >= 0.6 is 23.1 Å². The van der Waals surface area contributed by atoms with Gasteiger partial charge in [0.05, 0.1) is 22.6 Å². The lowest BCUT2D eigenvalue weighted by Crippen LogP contribution is -2.28. The molecule has 0 atom stereocenters. The topological polar surface area (TPSA) is 59.2 Å². The minimum Gasteiger partial charge on any atom is -0.397 e. The molecule has 2 aliphatic rings. The van der Waals surface area contributed by atoms with Gasteiger partial charge in [-0.15, -0.1) is 11.3 Å². The first-order valence-electron chi connectivity index (χ1n) is 11.3. The van der Waals surface area contributed by atoms with E-state index in [1.54, 1.807) is 12.1 Å². The highest BCUT2D eigenvalue weighted by molar-refractivity contribution is 7.99. The van der Waals surface area contributed by atoms with E-state index in [4.69, 9.17) is 10.7 Å². The lowest BCUT2D eigenvalue weighted by atomic mass is 10.1. The third-order valence-electron chi connectivity index (χ3n) is 6.50. The zero-order valence-corrected chi connectivity index (χ0v) is 20.1. The maximum atomic E-state index is 14.0. The van der Waals surface area contributed by atoms with Gasteiger partial charge in [0.1, 0.15) is 9.71 Å². The predicted molar refractivity (Wildman–Crippen MR) is 134 cm³/mol. The Balaban J connectivity index is 1.51. The number of halogens is 3. The maximum absolute atomic E-state index is 14.0. The minimum absolute atomic E-state index is 0.203. The minimum atomic E-state index is -4.52. The summed E-state index contributed by atoms with van der Waals surface area (Å²) in [5, 5.41) is 0.739. The van der Waals surface area contributed by atoms with Gasteiger partial charge < -0.3 is 5.73 Å². The normalized spacial score (nSPS) is 15.3. The molecule has 1 aliphatic heterocycles. The van der Waals surface area contributed by atoms with Gasteiger partial charge in [-0.25, -0.2) is 4.98 Å². The molecule has 0 bridgehead atoms. The monoisotopic (exact) mass is 511 g/mol. The van der Waals surface area contributed by atoms with Gasteiger partial charge in [-0.1, -0.05) is 30.3 Å². The second-order valence-corrected chi connectivity index (χ2v) is 10.8. The lowest BCUT2D eigenvalue weighted by molar-refractivity contribution is -0.137. The Morgan fingerprint density at radius 3 is 2.57 bits per heavy atom. The number of hydrogen-bond donors (Lipinski definition) is 1. The highest BCUT2D eigenvalue weighted by atomic mass is 32.2. The van der Waals surface area contributed by atoms with E-state index >= 15 is 0 Å². The van der Waals surface area contributed by atoms with Gasteiger partial charge in [-0.2, -0.15) is 13.2 Å². The average molecular weight is 512 g/mol. The van der Waals surface area contributed by atoms with Crippen LogP contribution in [-0.2, 0) is 19.0 Å². The van der Waals surface area contributed by atoms with E-state index < -0.39 is 17.6 Å². The van der Waals surface area contributed by atoms with Crippen LogP contribution in [0.25, 0.3) is 10.2 Å². The molecule has 2 aromatic heterocycles. The van der Waals surface area contributed by atoms with Gasteiger partial charge in [-0.3, -0.25) is 9.69 Å². The van der Waals surface area contributed by atoms with Crippen LogP contribution in [0.2, 0.25) is 0 Å². The van der Waals surface area contributed by atoms with Crippen molar-refractivity contribution in [2.45, 2.75) is 48.1 Å². The Kier molecular flexibility index (Phi) is 5.30. The number of anilines is 3. The van der Waals surface area contributed by atoms with Gasteiger partial charge in [-0.05, 0) is 67.6 Å². The number of nitrogens with two attached hydrogens (primary N) is 1. The molecule has 1 aliphatic carbocycles. The zero-order valence-electron chi connectivity index (χ0n) is 18.5. The van der Waals surface area contributed by atoms with Crippen molar-refractivity contribution in [1.82, 2.24) is 4.98 Å². The van der Waals surface area contributed by atoms with Crippen molar-refractivity contribution in [3.05, 3.63) is 70.2 Å². The predicted octanol–water partition coefficient (Wildman–Crippen LogP) is 7.61. The molecule has 3 heterocycles. The first-order valence-corrected chi connectivity index (χ1v) is 13.0. The second-order valence-electron chi connectivity index (χ2n) is 8.74. The summed E-state index contributed by atoms with van der Waals surface area (Å²) in [6.07, 6.45) is 0.645. The molecular formula is C26H20F3N3OS2. The molecule has 6 rings (SSSR count). The number of pyridine rings is 1. The number of carbonyl (C=O) groups is 1. The quantitative estimate of drug-likeness (QED) is 0.267. The van der Waals surface area contributed by atoms with Crippen molar-refractivity contribution < 1.29 is 18.0 Å². The first kappa shape index (κ1) is 22.4. The molecule has 0 unspecified atom stereocenters. The molecule has 0 saturated heterocycles. The van der Waals surface area contributed by atoms with Crippen LogP contribution < -0.4 is 10.6 Å². The molecule has 4 nitrogen and oxygen atoms in total. The molecule has 1 amide bonds. The number of nitrogen functional groups attached to an aromatic ring is 1. The molecule has 4 aromatic rings. The van der Waals surface area contributed by atoms with E-state index in [0.717, 1.165) is 60.2 Å². The fourth-order valence-corrected chi connectivity index (χ4v) is 6.81.